The Morgan fingerprint density at radius 3 is 2.14 bits per heavy atom. The highest BCUT2D eigenvalue weighted by molar-refractivity contribution is 5.66. The molecule has 0 aliphatic rings. The molecule has 3 aromatic carbocycles. The molecule has 37 heavy (non-hydrogen) atoms. The van der Waals surface area contributed by atoms with Crippen LogP contribution in [-0.2, 0) is 17.6 Å². The molecule has 0 bridgehead atoms. The summed E-state index contributed by atoms with van der Waals surface area (Å²) >= 11 is 0. The highest BCUT2D eigenvalue weighted by Crippen LogP contribution is 2.31. The molecule has 0 aliphatic heterocycles. The standard InChI is InChI=1S/C31H30FNO4/c32-28-17-16-27(37-18-8-15-29(34)35)20-24(28)13-7-14-25-19-26(21-33-31(25)36)30(22-9-3-1-4-10-22)23-11-5-2-6-12-23/h1-6,9-12,16-17,19-21,30H,7-8,13-15,18H2,(H,33,36)(H,34,35). The second kappa shape index (κ2) is 12.7. The van der Waals surface area contributed by atoms with Crippen LogP contribution in [0.25, 0.3) is 0 Å². The first kappa shape index (κ1) is 25.9. The minimum atomic E-state index is -0.874. The van der Waals surface area contributed by atoms with E-state index < -0.39 is 5.97 Å². The SMILES string of the molecule is O=C(O)CCCOc1ccc(F)c(CCCc2cc(C(c3ccccc3)c3ccccc3)c[nH]c2=O)c1. The zero-order valence-electron chi connectivity index (χ0n) is 20.5. The van der Waals surface area contributed by atoms with Gasteiger partial charge in [0.15, 0.2) is 0 Å². The molecule has 0 fully saturated rings. The second-order valence-electron chi connectivity index (χ2n) is 8.99. The monoisotopic (exact) mass is 499 g/mol. The van der Waals surface area contributed by atoms with Gasteiger partial charge in [-0.25, -0.2) is 4.39 Å². The van der Waals surface area contributed by atoms with Gasteiger partial charge in [0.05, 0.1) is 6.61 Å². The highest BCUT2D eigenvalue weighted by Gasteiger charge is 2.18. The Balaban J connectivity index is 1.47. The van der Waals surface area contributed by atoms with Crippen LogP contribution in [-0.4, -0.2) is 22.7 Å². The third kappa shape index (κ3) is 7.17. The minimum Gasteiger partial charge on any atom is -0.494 e. The maximum absolute atomic E-state index is 14.4. The van der Waals surface area contributed by atoms with Gasteiger partial charge in [-0.1, -0.05) is 60.7 Å². The van der Waals surface area contributed by atoms with E-state index in [1.54, 1.807) is 18.3 Å². The van der Waals surface area contributed by atoms with Crippen LogP contribution in [0, 0.1) is 5.82 Å². The van der Waals surface area contributed by atoms with E-state index in [2.05, 4.69) is 29.2 Å². The smallest absolute Gasteiger partial charge is 0.303 e. The summed E-state index contributed by atoms with van der Waals surface area (Å²) in [5.41, 5.74) is 4.29. The molecule has 0 saturated carbocycles. The summed E-state index contributed by atoms with van der Waals surface area (Å²) in [5, 5.41) is 8.74. The molecule has 0 spiro atoms. The van der Waals surface area contributed by atoms with Gasteiger partial charge in [-0.3, -0.25) is 9.59 Å². The van der Waals surface area contributed by atoms with Crippen LogP contribution in [0.4, 0.5) is 4.39 Å². The van der Waals surface area contributed by atoms with Crippen molar-refractivity contribution in [2.24, 2.45) is 0 Å². The van der Waals surface area contributed by atoms with Crippen LogP contribution in [0.15, 0.2) is 95.9 Å². The fraction of sp³-hybridized carbons (Fsp3) is 0.226. The van der Waals surface area contributed by atoms with Crippen LogP contribution in [0.1, 0.15) is 53.0 Å². The maximum atomic E-state index is 14.4. The summed E-state index contributed by atoms with van der Waals surface area (Å²) in [5.74, 6) is -0.712. The van der Waals surface area contributed by atoms with Crippen molar-refractivity contribution >= 4 is 5.97 Å². The highest BCUT2D eigenvalue weighted by atomic mass is 19.1. The number of aromatic nitrogens is 1. The lowest BCUT2D eigenvalue weighted by Crippen LogP contribution is -2.15. The quantitative estimate of drug-likeness (QED) is 0.230. The maximum Gasteiger partial charge on any atom is 0.303 e. The molecule has 0 radical (unpaired) electrons. The van der Waals surface area contributed by atoms with Crippen LogP contribution in [0.3, 0.4) is 0 Å². The number of carboxylic acid groups (broad SMARTS) is 1. The zero-order valence-corrected chi connectivity index (χ0v) is 20.5. The number of pyridine rings is 1. The van der Waals surface area contributed by atoms with E-state index in [0.717, 1.165) is 16.7 Å². The summed E-state index contributed by atoms with van der Waals surface area (Å²) in [7, 11) is 0. The number of ether oxygens (including phenoxy) is 1. The Labute approximate surface area is 215 Å². The third-order valence-corrected chi connectivity index (χ3v) is 6.31. The Morgan fingerprint density at radius 1 is 0.838 bits per heavy atom. The predicted octanol–water partition coefficient (Wildman–Crippen LogP) is 6.11. The molecule has 4 aromatic rings. The number of nitrogens with one attached hydrogen (secondary N) is 1. The first-order valence-corrected chi connectivity index (χ1v) is 12.5. The Morgan fingerprint density at radius 2 is 1.49 bits per heavy atom. The van der Waals surface area contributed by atoms with Crippen molar-refractivity contribution in [1.82, 2.24) is 4.98 Å². The van der Waals surface area contributed by atoms with E-state index in [4.69, 9.17) is 9.84 Å². The number of benzene rings is 3. The molecule has 4 rings (SSSR count). The van der Waals surface area contributed by atoms with Crippen LogP contribution >= 0.6 is 0 Å². The molecule has 5 nitrogen and oxygen atoms in total. The van der Waals surface area contributed by atoms with Crippen LogP contribution in [0.2, 0.25) is 0 Å². The van der Waals surface area contributed by atoms with Gasteiger partial charge in [0.1, 0.15) is 11.6 Å². The normalized spacial score (nSPS) is 11.0. The molecular formula is C31H30FNO4. The Hall–Kier alpha value is -4.19. The number of hydrogen-bond acceptors (Lipinski definition) is 3. The van der Waals surface area contributed by atoms with Gasteiger partial charge in [-0.05, 0) is 72.2 Å². The number of H-pyrrole nitrogens is 1. The van der Waals surface area contributed by atoms with E-state index in [1.165, 1.54) is 6.07 Å². The largest absolute Gasteiger partial charge is 0.494 e. The van der Waals surface area contributed by atoms with Crippen molar-refractivity contribution in [3.63, 3.8) is 0 Å². The third-order valence-electron chi connectivity index (χ3n) is 6.31. The summed E-state index contributed by atoms with van der Waals surface area (Å²) in [6.45, 7) is 0.254. The van der Waals surface area contributed by atoms with Gasteiger partial charge in [0.25, 0.3) is 5.56 Å². The van der Waals surface area contributed by atoms with Crippen molar-refractivity contribution in [1.29, 1.82) is 0 Å². The zero-order chi connectivity index (χ0) is 26.0. The molecule has 190 valence electrons. The first-order chi connectivity index (χ1) is 18.0. The van der Waals surface area contributed by atoms with Crippen molar-refractivity contribution in [3.05, 3.63) is 135 Å². The molecule has 1 heterocycles. The number of carboxylic acids is 1. The number of aryl methyl sites for hydroxylation is 2. The minimum absolute atomic E-state index is 0.0228. The topological polar surface area (TPSA) is 79.4 Å². The van der Waals surface area contributed by atoms with E-state index >= 15 is 0 Å². The Kier molecular flexibility index (Phi) is 8.87. The molecule has 0 saturated heterocycles. The fourth-order valence-electron chi connectivity index (χ4n) is 4.49. The number of rotatable bonds is 12. The van der Waals surface area contributed by atoms with E-state index in [-0.39, 0.29) is 30.3 Å². The number of hydrogen-bond donors (Lipinski definition) is 2. The summed E-state index contributed by atoms with van der Waals surface area (Å²) in [4.78, 5) is 26.2. The van der Waals surface area contributed by atoms with Crippen molar-refractivity contribution in [2.75, 3.05) is 6.61 Å². The van der Waals surface area contributed by atoms with Crippen molar-refractivity contribution < 1.29 is 19.0 Å². The molecule has 0 atom stereocenters. The molecule has 2 N–H and O–H groups in total. The van der Waals surface area contributed by atoms with E-state index in [0.29, 0.717) is 42.6 Å². The number of aliphatic carboxylic acids is 1. The Bertz CT molecular complexity index is 1330. The van der Waals surface area contributed by atoms with Gasteiger partial charge < -0.3 is 14.8 Å². The first-order valence-electron chi connectivity index (χ1n) is 12.5. The lowest BCUT2D eigenvalue weighted by molar-refractivity contribution is -0.137. The van der Waals surface area contributed by atoms with Gasteiger partial charge in [-0.2, -0.15) is 0 Å². The molecule has 6 heteroatoms. The average Bonchev–Trinajstić information content (AvgIpc) is 2.91. The summed E-state index contributed by atoms with van der Waals surface area (Å²) in [6.07, 6.45) is 3.73. The fourth-order valence-corrected chi connectivity index (χ4v) is 4.49. The number of halogens is 1. The lowest BCUT2D eigenvalue weighted by Gasteiger charge is -2.19. The number of aromatic amines is 1. The molecular weight excluding hydrogens is 469 g/mol. The van der Waals surface area contributed by atoms with Gasteiger partial charge in [0, 0.05) is 24.1 Å². The molecule has 1 aromatic heterocycles. The van der Waals surface area contributed by atoms with Gasteiger partial charge in [-0.15, -0.1) is 0 Å². The van der Waals surface area contributed by atoms with E-state index in [9.17, 15) is 14.0 Å². The lowest BCUT2D eigenvalue weighted by atomic mass is 9.85. The summed E-state index contributed by atoms with van der Waals surface area (Å²) < 4.78 is 20.0. The van der Waals surface area contributed by atoms with Crippen LogP contribution < -0.4 is 10.3 Å². The van der Waals surface area contributed by atoms with Gasteiger partial charge >= 0.3 is 5.97 Å². The van der Waals surface area contributed by atoms with Crippen molar-refractivity contribution in [3.8, 4) is 5.75 Å². The molecule has 0 amide bonds. The molecule has 0 unspecified atom stereocenters. The number of carbonyl (C=O) groups is 1. The molecule has 0 aliphatic carbocycles. The predicted molar refractivity (Wildman–Crippen MR) is 142 cm³/mol. The van der Waals surface area contributed by atoms with Crippen molar-refractivity contribution in [2.45, 2.75) is 38.0 Å². The van der Waals surface area contributed by atoms with Crippen LogP contribution in [0.5, 0.6) is 5.75 Å². The second-order valence-corrected chi connectivity index (χ2v) is 8.99. The average molecular weight is 500 g/mol. The summed E-state index contributed by atoms with van der Waals surface area (Å²) in [6, 6.07) is 26.9. The van der Waals surface area contributed by atoms with Gasteiger partial charge in [0.2, 0.25) is 0 Å². The van der Waals surface area contributed by atoms with E-state index in [1.807, 2.05) is 42.5 Å².